The molecule has 2 amide bonds. The molecule has 0 aliphatic carbocycles. The maximum atomic E-state index is 12.2. The van der Waals surface area contributed by atoms with E-state index in [1.165, 1.54) is 13.3 Å². The van der Waals surface area contributed by atoms with E-state index < -0.39 is 6.10 Å². The van der Waals surface area contributed by atoms with Gasteiger partial charge >= 0.3 is 0 Å². The number of amides is 2. The first kappa shape index (κ1) is 19.1. The Balaban J connectivity index is 2.08. The Bertz CT molecular complexity index is 778. The average Bonchev–Trinajstić information content (AvgIpc) is 2.67. The second kappa shape index (κ2) is 9.33. The molecule has 0 saturated carbocycles. The maximum Gasteiger partial charge on any atom is 0.257 e. The molecule has 136 valence electrons. The summed E-state index contributed by atoms with van der Waals surface area (Å²) in [7, 11) is 1.48. The fourth-order valence-electron chi connectivity index (χ4n) is 2.10. The first-order chi connectivity index (χ1) is 12.5. The molecule has 2 N–H and O–H groups in total. The Hall–Kier alpha value is -3.19. The zero-order chi connectivity index (χ0) is 18.9. The Labute approximate surface area is 152 Å². The minimum absolute atomic E-state index is 0.289. The van der Waals surface area contributed by atoms with Gasteiger partial charge in [0.15, 0.2) is 0 Å². The lowest BCUT2D eigenvalue weighted by atomic mass is 10.2. The number of hydrogen-bond donors (Lipinski definition) is 2. The van der Waals surface area contributed by atoms with Crippen LogP contribution in [-0.2, 0) is 9.53 Å². The molecule has 2 rings (SSSR count). The van der Waals surface area contributed by atoms with Gasteiger partial charge in [0.1, 0.15) is 11.9 Å². The summed E-state index contributed by atoms with van der Waals surface area (Å²) in [5.41, 5.74) is 1.44. The van der Waals surface area contributed by atoms with E-state index in [-0.39, 0.29) is 18.4 Å². The summed E-state index contributed by atoms with van der Waals surface area (Å²) in [5.74, 6) is -0.180. The van der Waals surface area contributed by atoms with Crippen molar-refractivity contribution in [2.24, 2.45) is 0 Å². The van der Waals surface area contributed by atoms with Crippen LogP contribution in [0, 0.1) is 0 Å². The molecule has 0 radical (unpaired) electrons. The Kier molecular flexibility index (Phi) is 6.87. The molecule has 2 aromatic rings. The van der Waals surface area contributed by atoms with Crippen molar-refractivity contribution in [2.45, 2.75) is 13.0 Å². The van der Waals surface area contributed by atoms with Crippen LogP contribution < -0.4 is 15.4 Å². The monoisotopic (exact) mass is 355 g/mol. The van der Waals surface area contributed by atoms with Crippen molar-refractivity contribution in [1.82, 2.24) is 4.98 Å². The van der Waals surface area contributed by atoms with Gasteiger partial charge in [0.2, 0.25) is 0 Å². The molecule has 0 spiro atoms. The van der Waals surface area contributed by atoms with Crippen LogP contribution in [0.25, 0.3) is 0 Å². The van der Waals surface area contributed by atoms with Gasteiger partial charge in [0, 0.05) is 24.1 Å². The highest BCUT2D eigenvalue weighted by atomic mass is 16.5. The van der Waals surface area contributed by atoms with Crippen molar-refractivity contribution in [2.75, 3.05) is 24.4 Å². The number of aromatic nitrogens is 1. The second-order valence-corrected chi connectivity index (χ2v) is 5.36. The summed E-state index contributed by atoms with van der Waals surface area (Å²) in [5, 5.41) is 5.49. The van der Waals surface area contributed by atoms with E-state index in [4.69, 9.17) is 9.47 Å². The SMILES string of the molecule is C=CCOC(C)C(=O)Nc1ccc(NC(=O)c2cccnc2)c(OC)c1. The molecule has 1 atom stereocenters. The van der Waals surface area contributed by atoms with Crippen molar-refractivity contribution in [3.8, 4) is 5.75 Å². The topological polar surface area (TPSA) is 89.6 Å². The summed E-state index contributed by atoms with van der Waals surface area (Å²) < 4.78 is 10.6. The second-order valence-electron chi connectivity index (χ2n) is 5.36. The average molecular weight is 355 g/mol. The Morgan fingerprint density at radius 1 is 1.31 bits per heavy atom. The highest BCUT2D eigenvalue weighted by molar-refractivity contribution is 6.05. The molecular formula is C19H21N3O4. The fourth-order valence-corrected chi connectivity index (χ4v) is 2.10. The lowest BCUT2D eigenvalue weighted by Gasteiger charge is -2.15. The van der Waals surface area contributed by atoms with Crippen LogP contribution in [0.15, 0.2) is 55.4 Å². The third-order valence-electron chi connectivity index (χ3n) is 3.47. The van der Waals surface area contributed by atoms with Crippen molar-refractivity contribution < 1.29 is 19.1 Å². The molecule has 0 aliphatic rings. The highest BCUT2D eigenvalue weighted by Gasteiger charge is 2.15. The number of methoxy groups -OCH3 is 1. The van der Waals surface area contributed by atoms with Gasteiger partial charge in [-0.25, -0.2) is 0 Å². The van der Waals surface area contributed by atoms with Gasteiger partial charge in [-0.15, -0.1) is 6.58 Å². The number of ether oxygens (including phenoxy) is 2. The number of carbonyl (C=O) groups is 2. The van der Waals surface area contributed by atoms with Gasteiger partial charge < -0.3 is 20.1 Å². The predicted octanol–water partition coefficient (Wildman–Crippen LogP) is 2.87. The highest BCUT2D eigenvalue weighted by Crippen LogP contribution is 2.28. The third-order valence-corrected chi connectivity index (χ3v) is 3.47. The molecule has 7 heteroatoms. The van der Waals surface area contributed by atoms with E-state index >= 15 is 0 Å². The van der Waals surface area contributed by atoms with Gasteiger partial charge in [-0.2, -0.15) is 0 Å². The first-order valence-electron chi connectivity index (χ1n) is 7.98. The lowest BCUT2D eigenvalue weighted by molar-refractivity contribution is -0.125. The first-order valence-corrected chi connectivity index (χ1v) is 7.98. The normalized spacial score (nSPS) is 11.3. The molecule has 0 aliphatic heterocycles. The Morgan fingerprint density at radius 2 is 2.12 bits per heavy atom. The summed E-state index contributed by atoms with van der Waals surface area (Å²) in [6.45, 7) is 5.48. The van der Waals surface area contributed by atoms with Crippen LogP contribution in [0.4, 0.5) is 11.4 Å². The molecular weight excluding hydrogens is 334 g/mol. The van der Waals surface area contributed by atoms with E-state index in [1.54, 1.807) is 49.5 Å². The number of anilines is 2. The smallest absolute Gasteiger partial charge is 0.257 e. The van der Waals surface area contributed by atoms with E-state index in [9.17, 15) is 9.59 Å². The molecule has 1 aromatic heterocycles. The van der Waals surface area contributed by atoms with Gasteiger partial charge in [-0.1, -0.05) is 6.08 Å². The minimum atomic E-state index is -0.621. The summed E-state index contributed by atoms with van der Waals surface area (Å²) in [6, 6.07) is 8.28. The molecule has 1 aromatic carbocycles. The Morgan fingerprint density at radius 3 is 2.77 bits per heavy atom. The van der Waals surface area contributed by atoms with Crippen LogP contribution in [-0.4, -0.2) is 36.6 Å². The number of nitrogens with zero attached hydrogens (tertiary/aromatic N) is 1. The predicted molar refractivity (Wildman–Crippen MR) is 99.4 cm³/mol. The van der Waals surface area contributed by atoms with E-state index in [2.05, 4.69) is 22.2 Å². The van der Waals surface area contributed by atoms with Gasteiger partial charge in [0.25, 0.3) is 11.8 Å². The lowest BCUT2D eigenvalue weighted by Crippen LogP contribution is -2.27. The van der Waals surface area contributed by atoms with Crippen LogP contribution in [0.3, 0.4) is 0 Å². The van der Waals surface area contributed by atoms with Gasteiger partial charge in [-0.05, 0) is 31.2 Å². The van der Waals surface area contributed by atoms with E-state index in [0.29, 0.717) is 22.7 Å². The zero-order valence-corrected chi connectivity index (χ0v) is 14.7. The van der Waals surface area contributed by atoms with Gasteiger partial charge in [-0.3, -0.25) is 14.6 Å². The third kappa shape index (κ3) is 5.15. The van der Waals surface area contributed by atoms with Crippen molar-refractivity contribution in [3.63, 3.8) is 0 Å². The fraction of sp³-hybridized carbons (Fsp3) is 0.211. The number of hydrogen-bond acceptors (Lipinski definition) is 5. The number of rotatable bonds is 8. The van der Waals surface area contributed by atoms with Gasteiger partial charge in [0.05, 0.1) is 25.0 Å². The standard InChI is InChI=1S/C19H21N3O4/c1-4-10-26-13(2)18(23)21-15-7-8-16(17(11-15)25-3)22-19(24)14-6-5-9-20-12-14/h4-9,11-13H,1,10H2,2-3H3,(H,21,23)(H,22,24). The van der Waals surface area contributed by atoms with Crippen LogP contribution in [0.2, 0.25) is 0 Å². The maximum absolute atomic E-state index is 12.2. The molecule has 1 unspecified atom stereocenters. The van der Waals surface area contributed by atoms with Crippen LogP contribution >= 0.6 is 0 Å². The molecule has 7 nitrogen and oxygen atoms in total. The van der Waals surface area contributed by atoms with Crippen molar-refractivity contribution in [3.05, 3.63) is 60.9 Å². The van der Waals surface area contributed by atoms with Crippen molar-refractivity contribution >= 4 is 23.2 Å². The van der Waals surface area contributed by atoms with Crippen LogP contribution in [0.1, 0.15) is 17.3 Å². The molecule has 0 fully saturated rings. The van der Waals surface area contributed by atoms with E-state index in [0.717, 1.165) is 0 Å². The molecule has 1 heterocycles. The minimum Gasteiger partial charge on any atom is -0.494 e. The number of benzene rings is 1. The molecule has 0 bridgehead atoms. The van der Waals surface area contributed by atoms with Crippen LogP contribution in [0.5, 0.6) is 5.75 Å². The number of nitrogens with one attached hydrogen (secondary N) is 2. The largest absolute Gasteiger partial charge is 0.494 e. The zero-order valence-electron chi connectivity index (χ0n) is 14.7. The number of carbonyl (C=O) groups excluding carboxylic acids is 2. The summed E-state index contributed by atoms with van der Waals surface area (Å²) >= 11 is 0. The van der Waals surface area contributed by atoms with Crippen molar-refractivity contribution in [1.29, 1.82) is 0 Å². The van der Waals surface area contributed by atoms with E-state index in [1.807, 2.05) is 0 Å². The molecule has 26 heavy (non-hydrogen) atoms. The summed E-state index contributed by atoms with van der Waals surface area (Å²) in [6.07, 6.45) is 4.02. The summed E-state index contributed by atoms with van der Waals surface area (Å²) in [4.78, 5) is 28.2. The quantitative estimate of drug-likeness (QED) is 0.711. The number of pyridine rings is 1. The molecule has 0 saturated heterocycles.